The van der Waals surface area contributed by atoms with E-state index in [-0.39, 0.29) is 22.7 Å². The second-order valence-corrected chi connectivity index (χ2v) is 11.5. The molecule has 3 aromatic carbocycles. The molecule has 0 bridgehead atoms. The van der Waals surface area contributed by atoms with E-state index >= 15 is 0 Å². The minimum absolute atomic E-state index is 0.0250. The Hall–Kier alpha value is -4.03. The molecule has 0 aliphatic rings. The number of halogens is 1. The zero-order valence-electron chi connectivity index (χ0n) is 20.4. The molecule has 9 nitrogen and oxygen atoms in total. The topological polar surface area (TPSA) is 122 Å². The molecule has 0 saturated heterocycles. The SMILES string of the molecule is Cc1nsc2ncc(C(=O)NO)c(N(Cc3ccccc3)S(=O)(=O)c3ccc(Oc4ccc(Cl)cc4)cc3)c12. The summed E-state index contributed by atoms with van der Waals surface area (Å²) in [5.41, 5.74) is 2.75. The van der Waals surface area contributed by atoms with Crippen molar-refractivity contribution in [1.29, 1.82) is 0 Å². The third kappa shape index (κ3) is 5.43. The van der Waals surface area contributed by atoms with Crippen molar-refractivity contribution in [2.75, 3.05) is 4.31 Å². The van der Waals surface area contributed by atoms with Crippen LogP contribution in [-0.4, -0.2) is 28.9 Å². The van der Waals surface area contributed by atoms with Crippen molar-refractivity contribution in [3.05, 3.63) is 107 Å². The minimum Gasteiger partial charge on any atom is -0.457 e. The van der Waals surface area contributed by atoms with E-state index in [4.69, 9.17) is 16.3 Å². The van der Waals surface area contributed by atoms with E-state index in [9.17, 15) is 18.4 Å². The fraction of sp³-hybridized carbons (Fsp3) is 0.0741. The lowest BCUT2D eigenvalue weighted by Gasteiger charge is -2.27. The van der Waals surface area contributed by atoms with Gasteiger partial charge in [0.05, 0.1) is 33.8 Å². The predicted octanol–water partition coefficient (Wildman–Crippen LogP) is 5.96. The van der Waals surface area contributed by atoms with Crippen molar-refractivity contribution in [3.8, 4) is 11.5 Å². The molecule has 5 rings (SSSR count). The number of carbonyl (C=O) groups is 1. The van der Waals surface area contributed by atoms with Crippen molar-refractivity contribution in [2.24, 2.45) is 0 Å². The third-order valence-electron chi connectivity index (χ3n) is 5.87. The number of aromatic nitrogens is 2. The highest BCUT2D eigenvalue weighted by atomic mass is 35.5. The first-order valence-corrected chi connectivity index (χ1v) is 14.2. The molecular weight excluding hydrogens is 560 g/mol. The molecule has 2 aromatic heterocycles. The highest BCUT2D eigenvalue weighted by Gasteiger charge is 2.32. The van der Waals surface area contributed by atoms with Gasteiger partial charge in [0.25, 0.3) is 15.9 Å². The Labute approximate surface area is 233 Å². The van der Waals surface area contributed by atoms with Crippen molar-refractivity contribution >= 4 is 55.0 Å². The van der Waals surface area contributed by atoms with E-state index in [0.29, 0.717) is 38.0 Å². The van der Waals surface area contributed by atoms with Crippen molar-refractivity contribution < 1.29 is 23.2 Å². The van der Waals surface area contributed by atoms with Crippen LogP contribution in [0.2, 0.25) is 5.02 Å². The Morgan fingerprint density at radius 1 is 1.03 bits per heavy atom. The van der Waals surface area contributed by atoms with Gasteiger partial charge in [-0.2, -0.15) is 4.37 Å². The van der Waals surface area contributed by atoms with Crippen molar-refractivity contribution in [1.82, 2.24) is 14.8 Å². The highest BCUT2D eigenvalue weighted by Crippen LogP contribution is 2.38. The van der Waals surface area contributed by atoms with Crippen LogP contribution in [0, 0.1) is 6.92 Å². The van der Waals surface area contributed by atoms with Crippen LogP contribution in [0.1, 0.15) is 21.6 Å². The number of amides is 1. The number of nitrogens with zero attached hydrogens (tertiary/aromatic N) is 3. The Balaban J connectivity index is 1.63. The summed E-state index contributed by atoms with van der Waals surface area (Å²) >= 11 is 7.02. The Morgan fingerprint density at radius 2 is 1.67 bits per heavy atom. The summed E-state index contributed by atoms with van der Waals surface area (Å²) in [5.74, 6) is 0.0698. The van der Waals surface area contributed by atoms with Gasteiger partial charge in [-0.15, -0.1) is 0 Å². The molecule has 0 saturated carbocycles. The van der Waals surface area contributed by atoms with Gasteiger partial charge in [-0.3, -0.25) is 14.3 Å². The molecule has 1 amide bonds. The molecular formula is C27H21ClN4O5S2. The molecule has 0 spiro atoms. The normalized spacial score (nSPS) is 11.4. The summed E-state index contributed by atoms with van der Waals surface area (Å²) < 4.78 is 39.7. The first kappa shape index (κ1) is 26.6. The van der Waals surface area contributed by atoms with E-state index in [1.807, 2.05) is 6.07 Å². The van der Waals surface area contributed by atoms with E-state index in [1.165, 1.54) is 18.3 Å². The van der Waals surface area contributed by atoms with E-state index in [1.54, 1.807) is 73.1 Å². The lowest BCUT2D eigenvalue weighted by Crippen LogP contribution is -2.33. The number of hydrogen-bond acceptors (Lipinski definition) is 8. The maximum atomic E-state index is 14.2. The summed E-state index contributed by atoms with van der Waals surface area (Å²) in [6.07, 6.45) is 1.23. The molecule has 39 heavy (non-hydrogen) atoms. The zero-order chi connectivity index (χ0) is 27.6. The number of nitrogens with one attached hydrogen (secondary N) is 1. The average Bonchev–Trinajstić information content (AvgIpc) is 3.33. The number of sulfonamides is 1. The number of ether oxygens (including phenoxy) is 1. The van der Waals surface area contributed by atoms with Gasteiger partial charge in [-0.25, -0.2) is 18.9 Å². The molecule has 0 fully saturated rings. The second-order valence-electron chi connectivity index (χ2n) is 8.43. The summed E-state index contributed by atoms with van der Waals surface area (Å²) in [7, 11) is -4.25. The van der Waals surface area contributed by atoms with Crippen LogP contribution >= 0.6 is 23.1 Å². The van der Waals surface area contributed by atoms with Gasteiger partial charge in [0.15, 0.2) is 0 Å². The molecule has 0 aliphatic carbocycles. The van der Waals surface area contributed by atoms with E-state index in [0.717, 1.165) is 15.8 Å². The number of pyridine rings is 1. The molecule has 2 N–H and O–H groups in total. The minimum atomic E-state index is -4.25. The molecule has 0 atom stereocenters. The summed E-state index contributed by atoms with van der Waals surface area (Å²) in [6, 6.07) is 21.7. The van der Waals surface area contributed by atoms with E-state index in [2.05, 4.69) is 9.36 Å². The number of benzene rings is 3. The lowest BCUT2D eigenvalue weighted by molar-refractivity contribution is 0.0707. The van der Waals surface area contributed by atoms with Crippen molar-refractivity contribution in [2.45, 2.75) is 18.4 Å². The Kier molecular flexibility index (Phi) is 7.49. The maximum Gasteiger partial charge on any atom is 0.278 e. The average molecular weight is 581 g/mol. The molecule has 0 radical (unpaired) electrons. The predicted molar refractivity (Wildman–Crippen MR) is 149 cm³/mol. The van der Waals surface area contributed by atoms with Gasteiger partial charge in [-0.05, 0) is 72.6 Å². The van der Waals surface area contributed by atoms with Crippen LogP contribution in [0.5, 0.6) is 11.5 Å². The zero-order valence-corrected chi connectivity index (χ0v) is 22.8. The monoisotopic (exact) mass is 580 g/mol. The maximum absolute atomic E-state index is 14.2. The lowest BCUT2D eigenvalue weighted by atomic mass is 10.1. The first-order valence-electron chi connectivity index (χ1n) is 11.6. The van der Waals surface area contributed by atoms with Crippen LogP contribution in [0.25, 0.3) is 10.2 Å². The van der Waals surface area contributed by atoms with Crippen molar-refractivity contribution in [3.63, 3.8) is 0 Å². The van der Waals surface area contributed by atoms with Crippen LogP contribution in [0.3, 0.4) is 0 Å². The van der Waals surface area contributed by atoms with Crippen LogP contribution in [-0.2, 0) is 16.6 Å². The molecule has 2 heterocycles. The molecule has 0 aliphatic heterocycles. The molecule has 12 heteroatoms. The third-order valence-corrected chi connectivity index (χ3v) is 8.73. The summed E-state index contributed by atoms with van der Waals surface area (Å²) in [6.45, 7) is 1.62. The van der Waals surface area contributed by atoms with Gasteiger partial charge in [0, 0.05) is 11.2 Å². The van der Waals surface area contributed by atoms with E-state index < -0.39 is 15.9 Å². The number of carbonyl (C=O) groups excluding carboxylic acids is 1. The van der Waals surface area contributed by atoms with Crippen LogP contribution < -0.4 is 14.5 Å². The van der Waals surface area contributed by atoms with Gasteiger partial charge in [0.1, 0.15) is 16.3 Å². The van der Waals surface area contributed by atoms with Gasteiger partial charge < -0.3 is 4.74 Å². The largest absolute Gasteiger partial charge is 0.457 e. The number of fused-ring (bicyclic) bond motifs is 1. The number of rotatable bonds is 8. The van der Waals surface area contributed by atoms with Gasteiger partial charge in [0.2, 0.25) is 0 Å². The summed E-state index contributed by atoms with van der Waals surface area (Å²) in [4.78, 5) is 17.4. The molecule has 198 valence electrons. The highest BCUT2D eigenvalue weighted by molar-refractivity contribution is 7.92. The van der Waals surface area contributed by atoms with Crippen LogP contribution in [0.15, 0.2) is 90.0 Å². The smallest absolute Gasteiger partial charge is 0.278 e. The summed E-state index contributed by atoms with van der Waals surface area (Å²) in [5, 5.41) is 10.4. The number of hydroxylamine groups is 1. The van der Waals surface area contributed by atoms with Crippen LogP contribution in [0.4, 0.5) is 5.69 Å². The Morgan fingerprint density at radius 3 is 2.31 bits per heavy atom. The first-order chi connectivity index (χ1) is 18.8. The Bertz CT molecular complexity index is 1740. The fourth-order valence-corrected chi connectivity index (χ4v) is 6.36. The molecule has 5 aromatic rings. The number of hydrogen-bond donors (Lipinski definition) is 2. The quantitative estimate of drug-likeness (QED) is 0.171. The van der Waals surface area contributed by atoms with Gasteiger partial charge in [-0.1, -0.05) is 41.9 Å². The fourth-order valence-electron chi connectivity index (χ4n) is 4.00. The number of anilines is 1. The number of aryl methyl sites for hydroxylation is 1. The van der Waals surface area contributed by atoms with Gasteiger partial charge >= 0.3 is 0 Å². The molecule has 0 unspecified atom stereocenters. The standard InChI is InChI=1S/C27H21ClN4O5S2/c1-17-24-25(23(26(33)30-34)15-29-27(24)38-31-17)32(16-18-5-3-2-4-6-18)39(35,36)22-13-11-21(12-14-22)37-20-9-7-19(28)8-10-20/h2-15,34H,16H2,1H3,(H,30,33). The second kappa shape index (κ2) is 11.0.